The quantitative estimate of drug-likeness (QED) is 0.804. The van der Waals surface area contributed by atoms with Crippen molar-refractivity contribution in [1.29, 1.82) is 0 Å². The molecule has 2 aromatic carbocycles. The minimum atomic E-state index is -0.465. The highest BCUT2D eigenvalue weighted by Gasteiger charge is 2.28. The molecule has 106 valence electrons. The van der Waals surface area contributed by atoms with E-state index in [1.807, 2.05) is 19.1 Å². The molecule has 0 fully saturated rings. The molecule has 0 saturated heterocycles. The van der Waals surface area contributed by atoms with Crippen LogP contribution in [0.4, 0.5) is 10.1 Å². The molecule has 0 saturated carbocycles. The summed E-state index contributed by atoms with van der Waals surface area (Å²) >= 11 is 0. The molecule has 0 spiro atoms. The van der Waals surface area contributed by atoms with Crippen molar-refractivity contribution in [3.63, 3.8) is 0 Å². The van der Waals surface area contributed by atoms with Gasteiger partial charge in [0.25, 0.3) is 5.91 Å². The Kier molecular flexibility index (Phi) is 3.29. The van der Waals surface area contributed by atoms with Crippen LogP contribution in [0.5, 0.6) is 0 Å². The van der Waals surface area contributed by atoms with Crippen molar-refractivity contribution in [3.8, 4) is 0 Å². The summed E-state index contributed by atoms with van der Waals surface area (Å²) in [6.07, 6.45) is 0.216. The van der Waals surface area contributed by atoms with Crippen LogP contribution in [-0.4, -0.2) is 18.2 Å². The molecule has 0 unspecified atom stereocenters. The fourth-order valence-electron chi connectivity index (χ4n) is 2.60. The Morgan fingerprint density at radius 3 is 2.71 bits per heavy atom. The SMILES string of the molecule is Cc1ccccc1C(=O)N1CCC(=O)c2cc(F)ccc21. The van der Waals surface area contributed by atoms with Crippen LogP contribution >= 0.6 is 0 Å². The van der Waals surface area contributed by atoms with Crippen molar-refractivity contribution in [2.75, 3.05) is 11.4 Å². The van der Waals surface area contributed by atoms with Crippen molar-refractivity contribution in [1.82, 2.24) is 0 Å². The number of carbonyl (C=O) groups is 2. The van der Waals surface area contributed by atoms with Crippen LogP contribution in [0.3, 0.4) is 0 Å². The fraction of sp³-hybridized carbons (Fsp3) is 0.176. The van der Waals surface area contributed by atoms with Crippen molar-refractivity contribution in [2.45, 2.75) is 13.3 Å². The smallest absolute Gasteiger partial charge is 0.258 e. The number of carbonyl (C=O) groups excluding carboxylic acids is 2. The second-order valence-electron chi connectivity index (χ2n) is 5.11. The number of rotatable bonds is 1. The Hall–Kier alpha value is -2.49. The number of hydrogen-bond donors (Lipinski definition) is 0. The van der Waals surface area contributed by atoms with Crippen molar-refractivity contribution >= 4 is 17.4 Å². The van der Waals surface area contributed by atoms with E-state index in [2.05, 4.69) is 0 Å². The van der Waals surface area contributed by atoms with E-state index < -0.39 is 5.82 Å². The lowest BCUT2D eigenvalue weighted by molar-refractivity contribution is 0.0954. The van der Waals surface area contributed by atoms with Crippen molar-refractivity contribution in [2.24, 2.45) is 0 Å². The van der Waals surface area contributed by atoms with Gasteiger partial charge in [-0.05, 0) is 36.8 Å². The number of hydrogen-bond acceptors (Lipinski definition) is 2. The van der Waals surface area contributed by atoms with Gasteiger partial charge in [0, 0.05) is 24.1 Å². The first kappa shape index (κ1) is 13.5. The van der Waals surface area contributed by atoms with Gasteiger partial charge in [-0.15, -0.1) is 0 Å². The molecule has 21 heavy (non-hydrogen) atoms. The molecule has 3 rings (SSSR count). The molecular formula is C17H14FNO2. The first-order chi connectivity index (χ1) is 10.1. The van der Waals surface area contributed by atoms with Gasteiger partial charge in [0.15, 0.2) is 5.78 Å². The van der Waals surface area contributed by atoms with E-state index in [0.29, 0.717) is 17.8 Å². The van der Waals surface area contributed by atoms with Gasteiger partial charge in [-0.1, -0.05) is 18.2 Å². The van der Waals surface area contributed by atoms with Crippen LogP contribution < -0.4 is 4.90 Å². The molecule has 4 heteroatoms. The van der Waals surface area contributed by atoms with Gasteiger partial charge in [0.2, 0.25) is 0 Å². The molecule has 0 radical (unpaired) electrons. The lowest BCUT2D eigenvalue weighted by Gasteiger charge is -2.29. The molecule has 0 bridgehead atoms. The van der Waals surface area contributed by atoms with E-state index in [4.69, 9.17) is 0 Å². The Morgan fingerprint density at radius 2 is 1.95 bits per heavy atom. The lowest BCUT2D eigenvalue weighted by Crippen LogP contribution is -2.37. The first-order valence-corrected chi connectivity index (χ1v) is 6.78. The van der Waals surface area contributed by atoms with Crippen LogP contribution in [0.1, 0.15) is 32.7 Å². The Bertz CT molecular complexity index is 739. The second-order valence-corrected chi connectivity index (χ2v) is 5.11. The summed E-state index contributed by atoms with van der Waals surface area (Å²) in [7, 11) is 0. The monoisotopic (exact) mass is 283 g/mol. The van der Waals surface area contributed by atoms with Crippen molar-refractivity contribution < 1.29 is 14.0 Å². The molecule has 1 aliphatic rings. The summed E-state index contributed by atoms with van der Waals surface area (Å²) in [5.74, 6) is -0.751. The predicted octanol–water partition coefficient (Wildman–Crippen LogP) is 3.37. The molecule has 0 aliphatic carbocycles. The minimum Gasteiger partial charge on any atom is -0.307 e. The normalized spacial score (nSPS) is 14.0. The molecule has 2 aromatic rings. The number of amides is 1. The van der Waals surface area contributed by atoms with Gasteiger partial charge in [0.1, 0.15) is 5.82 Å². The number of benzene rings is 2. The molecule has 3 nitrogen and oxygen atoms in total. The maximum absolute atomic E-state index is 13.3. The zero-order chi connectivity index (χ0) is 15.0. The van der Waals surface area contributed by atoms with Gasteiger partial charge in [0.05, 0.1) is 5.69 Å². The number of nitrogens with zero attached hydrogens (tertiary/aromatic N) is 1. The first-order valence-electron chi connectivity index (χ1n) is 6.78. The summed E-state index contributed by atoms with van der Waals surface area (Å²) in [6, 6.07) is 11.3. The van der Waals surface area contributed by atoms with Gasteiger partial charge in [-0.3, -0.25) is 9.59 Å². The predicted molar refractivity (Wildman–Crippen MR) is 78.2 cm³/mol. The Morgan fingerprint density at radius 1 is 1.19 bits per heavy atom. The third kappa shape index (κ3) is 2.33. The summed E-state index contributed by atoms with van der Waals surface area (Å²) in [6.45, 7) is 2.19. The molecular weight excluding hydrogens is 269 g/mol. The number of halogens is 1. The molecule has 1 heterocycles. The summed E-state index contributed by atoms with van der Waals surface area (Å²) in [4.78, 5) is 26.2. The zero-order valence-electron chi connectivity index (χ0n) is 11.6. The molecule has 1 aliphatic heterocycles. The topological polar surface area (TPSA) is 37.4 Å². The molecule has 0 N–H and O–H groups in total. The maximum atomic E-state index is 13.3. The van der Waals surface area contributed by atoms with E-state index >= 15 is 0 Å². The van der Waals surface area contributed by atoms with Crippen LogP contribution in [0.15, 0.2) is 42.5 Å². The van der Waals surface area contributed by atoms with E-state index in [1.54, 1.807) is 17.0 Å². The maximum Gasteiger partial charge on any atom is 0.258 e. The van der Waals surface area contributed by atoms with Gasteiger partial charge >= 0.3 is 0 Å². The third-order valence-electron chi connectivity index (χ3n) is 3.73. The zero-order valence-corrected chi connectivity index (χ0v) is 11.6. The van der Waals surface area contributed by atoms with Gasteiger partial charge in [-0.2, -0.15) is 0 Å². The Labute approximate surface area is 122 Å². The number of aryl methyl sites for hydroxylation is 1. The van der Waals surface area contributed by atoms with Crippen LogP contribution in [0, 0.1) is 12.7 Å². The van der Waals surface area contributed by atoms with Crippen LogP contribution in [-0.2, 0) is 0 Å². The highest BCUT2D eigenvalue weighted by molar-refractivity contribution is 6.13. The fourth-order valence-corrected chi connectivity index (χ4v) is 2.60. The number of ketones is 1. The third-order valence-corrected chi connectivity index (χ3v) is 3.73. The Balaban J connectivity index is 2.06. The lowest BCUT2D eigenvalue weighted by atomic mass is 9.98. The van der Waals surface area contributed by atoms with Crippen molar-refractivity contribution in [3.05, 3.63) is 65.0 Å². The van der Waals surface area contributed by atoms with E-state index in [1.165, 1.54) is 18.2 Å². The van der Waals surface area contributed by atoms with Crippen LogP contribution in [0.2, 0.25) is 0 Å². The largest absolute Gasteiger partial charge is 0.307 e. The summed E-state index contributed by atoms with van der Waals surface area (Å²) in [5, 5.41) is 0. The highest BCUT2D eigenvalue weighted by Crippen LogP contribution is 2.29. The number of Topliss-reactive ketones (excluding diaryl/α,β-unsaturated/α-hetero) is 1. The summed E-state index contributed by atoms with van der Waals surface area (Å²) in [5.41, 5.74) is 2.24. The average molecular weight is 283 g/mol. The van der Waals surface area contributed by atoms with Gasteiger partial charge < -0.3 is 4.90 Å². The van der Waals surface area contributed by atoms with Gasteiger partial charge in [-0.25, -0.2) is 4.39 Å². The number of anilines is 1. The van der Waals surface area contributed by atoms with E-state index in [9.17, 15) is 14.0 Å². The molecule has 1 amide bonds. The summed E-state index contributed by atoms with van der Waals surface area (Å²) < 4.78 is 13.3. The standard InChI is InChI=1S/C17H14FNO2/c1-11-4-2-3-5-13(11)17(21)19-9-8-16(20)14-10-12(18)6-7-15(14)19/h2-7,10H,8-9H2,1H3. The van der Waals surface area contributed by atoms with Crippen LogP contribution in [0.25, 0.3) is 0 Å². The average Bonchev–Trinajstić information content (AvgIpc) is 2.48. The van der Waals surface area contributed by atoms with E-state index in [0.717, 1.165) is 5.56 Å². The minimum absolute atomic E-state index is 0.127. The van der Waals surface area contributed by atoms with E-state index in [-0.39, 0.29) is 23.7 Å². The highest BCUT2D eigenvalue weighted by atomic mass is 19.1. The second kappa shape index (κ2) is 5.13. The molecule has 0 aromatic heterocycles. The number of fused-ring (bicyclic) bond motifs is 1. The molecule has 0 atom stereocenters.